The van der Waals surface area contributed by atoms with Gasteiger partial charge >= 0.3 is 0 Å². The Labute approximate surface area is 121 Å². The van der Waals surface area contributed by atoms with Crippen molar-refractivity contribution in [2.45, 2.75) is 32.5 Å². The van der Waals surface area contributed by atoms with Gasteiger partial charge in [-0.2, -0.15) is 0 Å². The molecule has 2 aromatic rings. The number of aromatic nitrogens is 3. The molecule has 2 aromatic heterocycles. The van der Waals surface area contributed by atoms with Crippen molar-refractivity contribution in [3.05, 3.63) is 22.1 Å². The zero-order valence-corrected chi connectivity index (χ0v) is 12.5. The van der Waals surface area contributed by atoms with Gasteiger partial charge in [0.1, 0.15) is 16.6 Å². The largest absolute Gasteiger partial charge is 0.370 e. The number of rotatable bonds is 1. The molecule has 6 nitrogen and oxygen atoms in total. The number of fused-ring (bicyclic) bond motifs is 3. The number of hydrogen-bond donors (Lipinski definition) is 2. The van der Waals surface area contributed by atoms with Gasteiger partial charge in [0.15, 0.2) is 5.82 Å². The van der Waals surface area contributed by atoms with E-state index in [9.17, 15) is 0 Å². The first-order valence-electron chi connectivity index (χ1n) is 6.40. The van der Waals surface area contributed by atoms with Crippen molar-refractivity contribution in [3.8, 4) is 0 Å². The number of ether oxygens (including phenoxy) is 1. The first-order chi connectivity index (χ1) is 9.44. The van der Waals surface area contributed by atoms with Gasteiger partial charge in [0.05, 0.1) is 17.6 Å². The number of nitrogen functional groups attached to an aromatic ring is 1. The van der Waals surface area contributed by atoms with E-state index in [1.54, 1.807) is 0 Å². The summed E-state index contributed by atoms with van der Waals surface area (Å²) in [5, 5.41) is 0.928. The van der Waals surface area contributed by atoms with Gasteiger partial charge in [-0.15, -0.1) is 0 Å². The van der Waals surface area contributed by atoms with E-state index in [0.717, 1.165) is 33.2 Å². The highest BCUT2D eigenvalue weighted by Crippen LogP contribution is 2.35. The summed E-state index contributed by atoms with van der Waals surface area (Å²) in [6.45, 7) is 4.64. The van der Waals surface area contributed by atoms with Gasteiger partial charge in [-0.25, -0.2) is 15.8 Å². The molecule has 1 aliphatic heterocycles. The minimum atomic E-state index is -0.233. The van der Waals surface area contributed by atoms with Crippen molar-refractivity contribution in [2.75, 3.05) is 5.43 Å². The molecule has 0 aliphatic carbocycles. The number of hydrogen-bond acceptors (Lipinski definition) is 6. The third-order valence-corrected chi connectivity index (χ3v) is 4.24. The lowest BCUT2D eigenvalue weighted by molar-refractivity contribution is -0.0401. The molecule has 0 bridgehead atoms. The summed E-state index contributed by atoms with van der Waals surface area (Å²) in [7, 11) is 1.90. The van der Waals surface area contributed by atoms with Crippen LogP contribution in [0.5, 0.6) is 0 Å². The number of nitrogens with zero attached hydrogens (tertiary/aromatic N) is 3. The lowest BCUT2D eigenvalue weighted by Crippen LogP contribution is -2.33. The van der Waals surface area contributed by atoms with E-state index in [1.807, 2.05) is 11.6 Å². The van der Waals surface area contributed by atoms with Crippen LogP contribution in [0.3, 0.4) is 0 Å². The van der Waals surface area contributed by atoms with Gasteiger partial charge < -0.3 is 14.7 Å². The number of aryl methyl sites for hydroxylation is 1. The molecule has 3 N–H and O–H groups in total. The average Bonchev–Trinajstić information content (AvgIpc) is 2.43. The van der Waals surface area contributed by atoms with E-state index in [0.29, 0.717) is 12.4 Å². The fourth-order valence-corrected chi connectivity index (χ4v) is 2.95. The molecule has 106 valence electrons. The fraction of sp³-hybridized carbons (Fsp3) is 0.462. The molecule has 1 aliphatic rings. The third kappa shape index (κ3) is 1.90. The van der Waals surface area contributed by atoms with Crippen molar-refractivity contribution >= 4 is 29.1 Å². The van der Waals surface area contributed by atoms with Crippen molar-refractivity contribution in [2.24, 2.45) is 12.9 Å². The molecular formula is C13H17N5OS. The molecule has 0 amide bonds. The molecule has 3 heterocycles. The zero-order valence-electron chi connectivity index (χ0n) is 11.7. The Morgan fingerprint density at radius 2 is 2.15 bits per heavy atom. The molecule has 3 rings (SSSR count). The number of anilines is 1. The van der Waals surface area contributed by atoms with Crippen LogP contribution in [0, 0.1) is 4.64 Å². The highest BCUT2D eigenvalue weighted by Gasteiger charge is 2.30. The minimum absolute atomic E-state index is 0.233. The second-order valence-corrected chi connectivity index (χ2v) is 6.00. The Hall–Kier alpha value is -1.57. The molecule has 0 atom stereocenters. The summed E-state index contributed by atoms with van der Waals surface area (Å²) in [5.41, 5.74) is 5.37. The Kier molecular flexibility index (Phi) is 3.00. The van der Waals surface area contributed by atoms with Gasteiger partial charge in [0.2, 0.25) is 0 Å². The Morgan fingerprint density at radius 1 is 1.40 bits per heavy atom. The van der Waals surface area contributed by atoms with E-state index >= 15 is 0 Å². The Bertz CT molecular complexity index is 752. The zero-order chi connectivity index (χ0) is 14.5. The molecule has 0 aromatic carbocycles. The van der Waals surface area contributed by atoms with Gasteiger partial charge in [-0.05, 0) is 19.4 Å². The minimum Gasteiger partial charge on any atom is -0.370 e. The normalized spacial score (nSPS) is 17.0. The van der Waals surface area contributed by atoms with Gasteiger partial charge in [0, 0.05) is 19.0 Å². The average molecular weight is 291 g/mol. The van der Waals surface area contributed by atoms with Crippen molar-refractivity contribution in [1.29, 1.82) is 0 Å². The monoisotopic (exact) mass is 291 g/mol. The van der Waals surface area contributed by atoms with Crippen LogP contribution in [0.4, 0.5) is 5.82 Å². The molecule has 7 heteroatoms. The van der Waals surface area contributed by atoms with Crippen LogP contribution in [0.2, 0.25) is 0 Å². The topological polar surface area (TPSA) is 78.0 Å². The SMILES string of the molecule is Cn1c(=S)c2c(c3c(NN)ncnc31)CC(C)(C)OC2. The highest BCUT2D eigenvalue weighted by atomic mass is 32.1. The molecule has 0 fully saturated rings. The maximum absolute atomic E-state index is 5.88. The molecule has 0 saturated carbocycles. The van der Waals surface area contributed by atoms with E-state index in [-0.39, 0.29) is 5.60 Å². The maximum atomic E-state index is 5.88. The molecule has 0 radical (unpaired) electrons. The van der Waals surface area contributed by atoms with Crippen molar-refractivity contribution in [1.82, 2.24) is 14.5 Å². The van der Waals surface area contributed by atoms with Gasteiger partial charge in [-0.1, -0.05) is 12.2 Å². The van der Waals surface area contributed by atoms with Crippen LogP contribution in [0.15, 0.2) is 6.33 Å². The van der Waals surface area contributed by atoms with E-state index in [1.165, 1.54) is 6.33 Å². The highest BCUT2D eigenvalue weighted by molar-refractivity contribution is 7.71. The summed E-state index contributed by atoms with van der Waals surface area (Å²) < 4.78 is 8.51. The third-order valence-electron chi connectivity index (χ3n) is 3.72. The van der Waals surface area contributed by atoms with Crippen LogP contribution in [-0.2, 0) is 24.8 Å². The summed E-state index contributed by atoms with van der Waals surface area (Å²) in [4.78, 5) is 8.57. The van der Waals surface area contributed by atoms with E-state index in [2.05, 4.69) is 29.2 Å². The van der Waals surface area contributed by atoms with E-state index in [4.69, 9.17) is 22.8 Å². The number of pyridine rings is 1. The standard InChI is InChI=1S/C13H17N5OS/c1-13(2)4-7-8(5-19-13)12(20)18(3)11-9(7)10(17-14)15-6-16-11/h6H,4-5,14H2,1-3H3,(H,15,16,17). The van der Waals surface area contributed by atoms with Gasteiger partial charge in [0.25, 0.3) is 0 Å². The summed E-state index contributed by atoms with van der Waals surface area (Å²) in [6.07, 6.45) is 2.24. The van der Waals surface area contributed by atoms with Crippen LogP contribution in [0.1, 0.15) is 25.0 Å². The molecule has 20 heavy (non-hydrogen) atoms. The molecule has 0 unspecified atom stereocenters. The summed E-state index contributed by atoms with van der Waals surface area (Å²) in [6, 6.07) is 0. The van der Waals surface area contributed by atoms with Crippen LogP contribution >= 0.6 is 12.2 Å². The lowest BCUT2D eigenvalue weighted by Gasteiger charge is -2.33. The number of hydrazine groups is 1. The van der Waals surface area contributed by atoms with Gasteiger partial charge in [-0.3, -0.25) is 0 Å². The quantitative estimate of drug-likeness (QED) is 0.474. The molecule has 0 spiro atoms. The maximum Gasteiger partial charge on any atom is 0.153 e. The fourth-order valence-electron chi connectivity index (χ4n) is 2.68. The predicted molar refractivity (Wildman–Crippen MR) is 79.7 cm³/mol. The molecule has 0 saturated heterocycles. The smallest absolute Gasteiger partial charge is 0.153 e. The van der Waals surface area contributed by atoms with Crippen molar-refractivity contribution < 1.29 is 4.74 Å². The Balaban J connectivity index is 2.45. The van der Waals surface area contributed by atoms with E-state index < -0.39 is 0 Å². The van der Waals surface area contributed by atoms with Crippen LogP contribution in [0.25, 0.3) is 11.0 Å². The first-order valence-corrected chi connectivity index (χ1v) is 6.81. The number of nitrogens with two attached hydrogens (primary N) is 1. The van der Waals surface area contributed by atoms with Crippen LogP contribution in [-0.4, -0.2) is 20.1 Å². The second-order valence-electron chi connectivity index (χ2n) is 5.61. The first kappa shape index (κ1) is 13.4. The van der Waals surface area contributed by atoms with Crippen molar-refractivity contribution in [3.63, 3.8) is 0 Å². The predicted octanol–water partition coefficient (Wildman–Crippen LogP) is 1.83. The summed E-state index contributed by atoms with van der Waals surface area (Å²) in [5.74, 6) is 6.22. The lowest BCUT2D eigenvalue weighted by atomic mass is 9.90. The Morgan fingerprint density at radius 3 is 2.85 bits per heavy atom. The number of nitrogens with one attached hydrogen (secondary N) is 1. The summed E-state index contributed by atoms with van der Waals surface area (Å²) >= 11 is 5.53. The molecular weight excluding hydrogens is 274 g/mol. The second kappa shape index (κ2) is 4.47. The van der Waals surface area contributed by atoms with Crippen LogP contribution < -0.4 is 11.3 Å².